The summed E-state index contributed by atoms with van der Waals surface area (Å²) in [7, 11) is 0. The lowest BCUT2D eigenvalue weighted by atomic mass is 10.1. The molecule has 4 nitrogen and oxygen atoms in total. The Morgan fingerprint density at radius 2 is 1.34 bits per heavy atom. The molecule has 1 amide bonds. The molecule has 188 valence electrons. The Bertz CT molecular complexity index is 876. The smallest absolute Gasteiger partial charge is 0.326 e. The zero-order valence-corrected chi connectivity index (χ0v) is 21.0. The summed E-state index contributed by atoms with van der Waals surface area (Å²) in [5.41, 5.74) is 0.886. The van der Waals surface area contributed by atoms with Crippen LogP contribution in [0.1, 0.15) is 63.9 Å². The predicted molar refractivity (Wildman–Crippen MR) is 147 cm³/mol. The standard InChI is InChI=1S/C31H41NO3/c1-2-3-4-5-6-7-8-9-10-11-12-13-14-15-16-17-18-19-23-26-30(33)32-29(31(34)35)27-28-24-21-20-22-25-28/h3-4,6-7,10-13,15-16,18-22,24-25,29H,2,5,8-9,14,17,23,26-27H2,1H3,(H,32,33)(H,34,35)/t29-/m0/s1. The molecule has 1 rings (SSSR count). The van der Waals surface area contributed by atoms with E-state index in [-0.39, 0.29) is 18.7 Å². The van der Waals surface area contributed by atoms with Crippen LogP contribution in [0.5, 0.6) is 0 Å². The Morgan fingerprint density at radius 1 is 0.771 bits per heavy atom. The van der Waals surface area contributed by atoms with Crippen LogP contribution >= 0.6 is 0 Å². The molecule has 0 bridgehead atoms. The SMILES string of the molecule is CCC=CCC=CCCC=CC=CCC=CCC=CCCC(=O)N[C@@H](Cc1ccccc1)C(=O)O. The average Bonchev–Trinajstić information content (AvgIpc) is 2.85. The van der Waals surface area contributed by atoms with Gasteiger partial charge in [0.05, 0.1) is 0 Å². The summed E-state index contributed by atoms with van der Waals surface area (Å²) in [5.74, 6) is -1.26. The van der Waals surface area contributed by atoms with Gasteiger partial charge in [-0.05, 0) is 50.5 Å². The maximum Gasteiger partial charge on any atom is 0.326 e. The number of unbranched alkanes of at least 4 members (excludes halogenated alkanes) is 1. The van der Waals surface area contributed by atoms with E-state index in [0.29, 0.717) is 6.42 Å². The first kappa shape index (κ1) is 29.6. The minimum Gasteiger partial charge on any atom is -0.480 e. The highest BCUT2D eigenvalue weighted by Crippen LogP contribution is 2.05. The van der Waals surface area contributed by atoms with Crippen LogP contribution in [0.15, 0.2) is 103 Å². The normalized spacial score (nSPS) is 13.3. The van der Waals surface area contributed by atoms with Gasteiger partial charge in [-0.2, -0.15) is 0 Å². The van der Waals surface area contributed by atoms with Gasteiger partial charge in [0.1, 0.15) is 6.04 Å². The monoisotopic (exact) mass is 475 g/mol. The van der Waals surface area contributed by atoms with Gasteiger partial charge in [0.15, 0.2) is 0 Å². The van der Waals surface area contributed by atoms with Crippen molar-refractivity contribution in [2.45, 2.75) is 70.8 Å². The number of carbonyl (C=O) groups is 2. The first-order valence-electron chi connectivity index (χ1n) is 12.6. The molecule has 0 aliphatic rings. The first-order chi connectivity index (χ1) is 17.1. The molecule has 0 radical (unpaired) electrons. The molecular weight excluding hydrogens is 434 g/mol. The largest absolute Gasteiger partial charge is 0.480 e. The molecule has 0 unspecified atom stereocenters. The number of carboxylic acid groups (broad SMARTS) is 1. The van der Waals surface area contributed by atoms with E-state index in [0.717, 1.165) is 44.1 Å². The Kier molecular flexibility index (Phi) is 17.9. The van der Waals surface area contributed by atoms with Crippen molar-refractivity contribution >= 4 is 11.9 Å². The summed E-state index contributed by atoms with van der Waals surface area (Å²) in [6.45, 7) is 2.15. The second kappa shape index (κ2) is 21.2. The number of benzene rings is 1. The molecule has 1 aromatic rings. The van der Waals surface area contributed by atoms with E-state index < -0.39 is 12.0 Å². The van der Waals surface area contributed by atoms with Crippen LogP contribution in [0.4, 0.5) is 0 Å². The van der Waals surface area contributed by atoms with Crippen LogP contribution < -0.4 is 5.32 Å². The van der Waals surface area contributed by atoms with E-state index in [1.54, 1.807) is 0 Å². The van der Waals surface area contributed by atoms with Crippen LogP contribution in [0, 0.1) is 0 Å². The highest BCUT2D eigenvalue weighted by Gasteiger charge is 2.19. The third kappa shape index (κ3) is 17.7. The van der Waals surface area contributed by atoms with Gasteiger partial charge in [0.25, 0.3) is 0 Å². The Labute approximate surface area is 211 Å². The van der Waals surface area contributed by atoms with Gasteiger partial charge < -0.3 is 10.4 Å². The molecule has 4 heteroatoms. The minimum absolute atomic E-state index is 0.244. The zero-order chi connectivity index (χ0) is 25.4. The highest BCUT2D eigenvalue weighted by molar-refractivity contribution is 5.83. The molecule has 0 aromatic heterocycles. The highest BCUT2D eigenvalue weighted by atomic mass is 16.4. The van der Waals surface area contributed by atoms with Crippen molar-refractivity contribution < 1.29 is 14.7 Å². The summed E-state index contributed by atoms with van der Waals surface area (Å²) in [6.07, 6.45) is 32.6. The van der Waals surface area contributed by atoms with Crippen molar-refractivity contribution in [3.8, 4) is 0 Å². The maximum atomic E-state index is 12.1. The molecule has 0 aliphatic carbocycles. The summed E-state index contributed by atoms with van der Waals surface area (Å²) in [4.78, 5) is 23.5. The minimum atomic E-state index is -1.02. The van der Waals surface area contributed by atoms with Gasteiger partial charge in [-0.25, -0.2) is 4.79 Å². The van der Waals surface area contributed by atoms with E-state index in [1.165, 1.54) is 0 Å². The second-order valence-corrected chi connectivity index (χ2v) is 8.12. The summed E-state index contributed by atoms with van der Waals surface area (Å²) in [6, 6.07) is 8.41. The molecule has 1 aromatic carbocycles. The van der Waals surface area contributed by atoms with Crippen molar-refractivity contribution in [3.63, 3.8) is 0 Å². The van der Waals surface area contributed by atoms with Crippen LogP contribution in [0.3, 0.4) is 0 Å². The third-order valence-corrected chi connectivity index (χ3v) is 5.06. The lowest BCUT2D eigenvalue weighted by Gasteiger charge is -2.14. The van der Waals surface area contributed by atoms with E-state index in [4.69, 9.17) is 0 Å². The van der Waals surface area contributed by atoms with Crippen molar-refractivity contribution in [1.82, 2.24) is 5.32 Å². The van der Waals surface area contributed by atoms with E-state index >= 15 is 0 Å². The molecule has 0 heterocycles. The number of hydrogen-bond acceptors (Lipinski definition) is 2. The fourth-order valence-corrected chi connectivity index (χ4v) is 3.17. The van der Waals surface area contributed by atoms with Gasteiger partial charge >= 0.3 is 5.97 Å². The van der Waals surface area contributed by atoms with Gasteiger partial charge in [-0.3, -0.25) is 4.79 Å². The number of allylic oxidation sites excluding steroid dienone is 12. The average molecular weight is 476 g/mol. The number of rotatable bonds is 18. The van der Waals surface area contributed by atoms with Gasteiger partial charge in [-0.1, -0.05) is 110 Å². The molecular formula is C31H41NO3. The lowest BCUT2D eigenvalue weighted by molar-refractivity contribution is -0.141. The number of nitrogens with one attached hydrogen (secondary N) is 1. The maximum absolute atomic E-state index is 12.1. The molecule has 0 fully saturated rings. The third-order valence-electron chi connectivity index (χ3n) is 5.06. The van der Waals surface area contributed by atoms with Crippen molar-refractivity contribution in [2.75, 3.05) is 0 Å². The number of amides is 1. The number of carboxylic acids is 1. The molecule has 0 saturated heterocycles. The molecule has 35 heavy (non-hydrogen) atoms. The second-order valence-electron chi connectivity index (χ2n) is 8.12. The van der Waals surface area contributed by atoms with Crippen LogP contribution in [0.2, 0.25) is 0 Å². The summed E-state index contributed by atoms with van der Waals surface area (Å²) in [5, 5.41) is 12.0. The van der Waals surface area contributed by atoms with Crippen molar-refractivity contribution in [3.05, 3.63) is 109 Å². The topological polar surface area (TPSA) is 66.4 Å². The quantitative estimate of drug-likeness (QED) is 0.133. The Hall–Kier alpha value is -3.40. The van der Waals surface area contributed by atoms with Gasteiger partial charge in [0.2, 0.25) is 5.91 Å². The number of hydrogen-bond donors (Lipinski definition) is 2. The van der Waals surface area contributed by atoms with E-state index in [2.05, 4.69) is 73.0 Å². The fourth-order valence-electron chi connectivity index (χ4n) is 3.17. The van der Waals surface area contributed by atoms with Crippen LogP contribution in [-0.4, -0.2) is 23.0 Å². The predicted octanol–water partition coefficient (Wildman–Crippen LogP) is 7.28. The molecule has 2 N–H and O–H groups in total. The van der Waals surface area contributed by atoms with Gasteiger partial charge in [-0.15, -0.1) is 0 Å². The summed E-state index contributed by atoms with van der Waals surface area (Å²) < 4.78 is 0. The summed E-state index contributed by atoms with van der Waals surface area (Å²) >= 11 is 0. The molecule has 0 aliphatic heterocycles. The zero-order valence-electron chi connectivity index (χ0n) is 21.0. The number of carbonyl (C=O) groups excluding carboxylic acids is 1. The van der Waals surface area contributed by atoms with Crippen molar-refractivity contribution in [2.24, 2.45) is 0 Å². The molecule has 1 atom stereocenters. The van der Waals surface area contributed by atoms with E-state index in [9.17, 15) is 14.7 Å². The van der Waals surface area contributed by atoms with E-state index in [1.807, 2.05) is 42.5 Å². The Morgan fingerprint density at radius 3 is 2.03 bits per heavy atom. The van der Waals surface area contributed by atoms with Crippen LogP contribution in [0.25, 0.3) is 0 Å². The molecule has 0 saturated carbocycles. The van der Waals surface area contributed by atoms with Crippen LogP contribution in [-0.2, 0) is 16.0 Å². The van der Waals surface area contributed by atoms with Crippen molar-refractivity contribution in [1.29, 1.82) is 0 Å². The first-order valence-corrected chi connectivity index (χ1v) is 12.6. The fraction of sp³-hybridized carbons (Fsp3) is 0.355. The lowest BCUT2D eigenvalue weighted by Crippen LogP contribution is -2.42. The molecule has 0 spiro atoms. The number of aliphatic carboxylic acids is 1. The Balaban J connectivity index is 2.11. The van der Waals surface area contributed by atoms with Gasteiger partial charge in [0, 0.05) is 12.8 Å².